The SMILES string of the molecule is CCOc1ccc(C)c(OS(=O)(=O)c2ccccc2)c1I. The molecule has 0 fully saturated rings. The minimum absolute atomic E-state index is 0.127. The van der Waals surface area contributed by atoms with E-state index in [9.17, 15) is 8.42 Å². The van der Waals surface area contributed by atoms with Gasteiger partial charge in [-0.15, -0.1) is 0 Å². The summed E-state index contributed by atoms with van der Waals surface area (Å²) in [5, 5.41) is 0. The van der Waals surface area contributed by atoms with Crippen molar-refractivity contribution >= 4 is 32.7 Å². The quantitative estimate of drug-likeness (QED) is 0.548. The standard InChI is InChI=1S/C15H15IO4S/c1-3-19-13-10-9-11(2)15(14(13)16)20-21(17,18)12-7-5-4-6-8-12/h4-10H,3H2,1-2H3. The van der Waals surface area contributed by atoms with E-state index in [1.807, 2.05) is 35.6 Å². The molecule has 0 atom stereocenters. The molecule has 0 heterocycles. The lowest BCUT2D eigenvalue weighted by atomic mass is 10.2. The maximum absolute atomic E-state index is 12.3. The average molecular weight is 418 g/mol. The van der Waals surface area contributed by atoms with Gasteiger partial charge in [0.1, 0.15) is 10.6 Å². The van der Waals surface area contributed by atoms with Gasteiger partial charge in [-0.2, -0.15) is 8.42 Å². The minimum atomic E-state index is -3.85. The van der Waals surface area contributed by atoms with Gasteiger partial charge in [-0.25, -0.2) is 0 Å². The van der Waals surface area contributed by atoms with Crippen molar-refractivity contribution in [1.82, 2.24) is 0 Å². The van der Waals surface area contributed by atoms with Gasteiger partial charge in [0.2, 0.25) is 0 Å². The van der Waals surface area contributed by atoms with Crippen molar-refractivity contribution in [3.8, 4) is 11.5 Å². The van der Waals surface area contributed by atoms with Crippen LogP contribution in [-0.2, 0) is 10.1 Å². The molecule has 4 nitrogen and oxygen atoms in total. The van der Waals surface area contributed by atoms with E-state index in [4.69, 9.17) is 8.92 Å². The number of aryl methyl sites for hydroxylation is 1. The predicted molar refractivity (Wildman–Crippen MR) is 89.3 cm³/mol. The fraction of sp³-hybridized carbons (Fsp3) is 0.200. The first-order valence-electron chi connectivity index (χ1n) is 6.37. The summed E-state index contributed by atoms with van der Waals surface area (Å²) in [5.74, 6) is 0.923. The zero-order chi connectivity index (χ0) is 15.5. The molecule has 0 spiro atoms. The molecule has 112 valence electrons. The smallest absolute Gasteiger partial charge is 0.339 e. The molecule has 0 bridgehead atoms. The first kappa shape index (κ1) is 16.1. The van der Waals surface area contributed by atoms with Gasteiger partial charge in [0.25, 0.3) is 0 Å². The third kappa shape index (κ3) is 3.68. The van der Waals surface area contributed by atoms with Crippen LogP contribution in [0.3, 0.4) is 0 Å². The molecule has 0 aromatic heterocycles. The lowest BCUT2D eigenvalue weighted by Gasteiger charge is -2.14. The third-order valence-electron chi connectivity index (χ3n) is 2.78. The molecule has 0 saturated heterocycles. The van der Waals surface area contributed by atoms with Gasteiger partial charge in [0.05, 0.1) is 10.2 Å². The molecule has 21 heavy (non-hydrogen) atoms. The Bertz CT molecular complexity index is 727. The van der Waals surface area contributed by atoms with Crippen LogP contribution in [0.4, 0.5) is 0 Å². The van der Waals surface area contributed by atoms with Gasteiger partial charge in [0, 0.05) is 0 Å². The van der Waals surface area contributed by atoms with Crippen molar-refractivity contribution in [3.63, 3.8) is 0 Å². The Labute approximate surface area is 138 Å². The van der Waals surface area contributed by atoms with Gasteiger partial charge >= 0.3 is 10.1 Å². The summed E-state index contributed by atoms with van der Waals surface area (Å²) in [6.45, 7) is 4.18. The number of rotatable bonds is 5. The summed E-state index contributed by atoms with van der Waals surface area (Å²) < 4.78 is 36.1. The Morgan fingerprint density at radius 2 is 1.76 bits per heavy atom. The van der Waals surface area contributed by atoms with E-state index >= 15 is 0 Å². The van der Waals surface area contributed by atoms with Crippen molar-refractivity contribution in [2.24, 2.45) is 0 Å². The molecule has 0 radical (unpaired) electrons. The highest BCUT2D eigenvalue weighted by atomic mass is 127. The fourth-order valence-corrected chi connectivity index (χ4v) is 3.79. The molecule has 0 saturated carbocycles. The second-order valence-electron chi connectivity index (χ2n) is 4.31. The van der Waals surface area contributed by atoms with Gasteiger partial charge in [-0.1, -0.05) is 24.3 Å². The first-order valence-corrected chi connectivity index (χ1v) is 8.86. The van der Waals surface area contributed by atoms with E-state index in [1.165, 1.54) is 12.1 Å². The van der Waals surface area contributed by atoms with E-state index < -0.39 is 10.1 Å². The van der Waals surface area contributed by atoms with E-state index in [0.717, 1.165) is 5.56 Å². The summed E-state index contributed by atoms with van der Waals surface area (Å²) in [6.07, 6.45) is 0. The molecule has 2 rings (SSSR count). The summed E-state index contributed by atoms with van der Waals surface area (Å²) in [7, 11) is -3.85. The molecule has 2 aromatic carbocycles. The van der Waals surface area contributed by atoms with Crippen LogP contribution in [0.5, 0.6) is 11.5 Å². The van der Waals surface area contributed by atoms with Crippen molar-refractivity contribution < 1.29 is 17.3 Å². The van der Waals surface area contributed by atoms with Crippen LogP contribution in [-0.4, -0.2) is 15.0 Å². The maximum Gasteiger partial charge on any atom is 0.339 e. The maximum atomic E-state index is 12.3. The largest absolute Gasteiger partial charge is 0.493 e. The van der Waals surface area contributed by atoms with Crippen LogP contribution in [0.1, 0.15) is 12.5 Å². The predicted octanol–water partition coefficient (Wildman–Crippen LogP) is 3.77. The number of ether oxygens (including phenoxy) is 1. The second-order valence-corrected chi connectivity index (χ2v) is 6.93. The van der Waals surface area contributed by atoms with Crippen molar-refractivity contribution in [2.45, 2.75) is 18.7 Å². The molecule has 2 aromatic rings. The Balaban J connectivity index is 2.42. The highest BCUT2D eigenvalue weighted by molar-refractivity contribution is 14.1. The highest BCUT2D eigenvalue weighted by Crippen LogP contribution is 2.35. The Kier molecular flexibility index (Phi) is 5.10. The topological polar surface area (TPSA) is 52.6 Å². The van der Waals surface area contributed by atoms with Crippen LogP contribution >= 0.6 is 22.6 Å². The zero-order valence-corrected chi connectivity index (χ0v) is 14.6. The van der Waals surface area contributed by atoms with Crippen LogP contribution in [0, 0.1) is 10.5 Å². The lowest BCUT2D eigenvalue weighted by Crippen LogP contribution is -2.11. The molecular weight excluding hydrogens is 403 g/mol. The third-order valence-corrected chi connectivity index (χ3v) is 5.04. The van der Waals surface area contributed by atoms with Gasteiger partial charge < -0.3 is 8.92 Å². The number of hydrogen-bond donors (Lipinski definition) is 0. The minimum Gasteiger partial charge on any atom is -0.493 e. The van der Waals surface area contributed by atoms with Gasteiger partial charge in [-0.05, 0) is 60.2 Å². The van der Waals surface area contributed by atoms with Crippen molar-refractivity contribution in [3.05, 3.63) is 51.6 Å². The van der Waals surface area contributed by atoms with E-state index in [0.29, 0.717) is 21.7 Å². The van der Waals surface area contributed by atoms with Crippen LogP contribution < -0.4 is 8.92 Å². The van der Waals surface area contributed by atoms with Gasteiger partial charge in [0.15, 0.2) is 5.75 Å². The monoisotopic (exact) mass is 418 g/mol. The van der Waals surface area contributed by atoms with E-state index in [1.54, 1.807) is 31.2 Å². The highest BCUT2D eigenvalue weighted by Gasteiger charge is 2.21. The molecular formula is C15H15IO4S. The second kappa shape index (κ2) is 6.65. The van der Waals surface area contributed by atoms with Crippen LogP contribution in [0.15, 0.2) is 47.4 Å². The zero-order valence-electron chi connectivity index (χ0n) is 11.7. The van der Waals surface area contributed by atoms with Crippen molar-refractivity contribution in [2.75, 3.05) is 6.61 Å². The normalized spacial score (nSPS) is 11.2. The fourth-order valence-electron chi connectivity index (χ4n) is 1.75. The summed E-state index contributed by atoms with van der Waals surface area (Å²) >= 11 is 2.03. The molecule has 6 heteroatoms. The number of hydrogen-bond acceptors (Lipinski definition) is 4. The molecule has 0 unspecified atom stereocenters. The summed E-state index contributed by atoms with van der Waals surface area (Å²) in [5.41, 5.74) is 0.738. The number of benzene rings is 2. The van der Waals surface area contributed by atoms with Gasteiger partial charge in [-0.3, -0.25) is 0 Å². The Hall–Kier alpha value is -1.28. The molecule has 0 amide bonds. The molecule has 0 N–H and O–H groups in total. The lowest BCUT2D eigenvalue weighted by molar-refractivity contribution is 0.336. The summed E-state index contributed by atoms with van der Waals surface area (Å²) in [4.78, 5) is 0.127. The average Bonchev–Trinajstić information content (AvgIpc) is 2.48. The van der Waals surface area contributed by atoms with E-state index in [-0.39, 0.29) is 4.90 Å². The van der Waals surface area contributed by atoms with Crippen LogP contribution in [0.2, 0.25) is 0 Å². The Morgan fingerprint density at radius 1 is 1.10 bits per heavy atom. The number of halogens is 1. The van der Waals surface area contributed by atoms with E-state index in [2.05, 4.69) is 0 Å². The molecule has 0 aliphatic rings. The van der Waals surface area contributed by atoms with Crippen LogP contribution in [0.25, 0.3) is 0 Å². The Morgan fingerprint density at radius 3 is 2.38 bits per heavy atom. The first-order chi connectivity index (χ1) is 9.95. The molecule has 0 aliphatic carbocycles. The molecule has 0 aliphatic heterocycles. The van der Waals surface area contributed by atoms with Crippen molar-refractivity contribution in [1.29, 1.82) is 0 Å². The summed E-state index contributed by atoms with van der Waals surface area (Å²) in [6, 6.07) is 11.7.